The molecule has 6 unspecified atom stereocenters. The molecule has 0 bridgehead atoms. The average Bonchev–Trinajstić information content (AvgIpc) is 3.15. The number of hydrogen-bond acceptors (Lipinski definition) is 10. The predicted molar refractivity (Wildman–Crippen MR) is 211 cm³/mol. The third-order valence-electron chi connectivity index (χ3n) is 9.80. The van der Waals surface area contributed by atoms with Crippen molar-refractivity contribution in [2.75, 3.05) is 13.2 Å². The first-order valence-corrected chi connectivity index (χ1v) is 21.4. The Hall–Kier alpha value is -2.31. The van der Waals surface area contributed by atoms with Crippen molar-refractivity contribution in [3.8, 4) is 0 Å². The van der Waals surface area contributed by atoms with E-state index in [-0.39, 0.29) is 19.4 Å². The fourth-order valence-electron chi connectivity index (χ4n) is 6.37. The molecule has 1 heterocycles. The second-order valence-corrected chi connectivity index (χ2v) is 14.8. The molecule has 11 heteroatoms. The van der Waals surface area contributed by atoms with E-state index in [9.17, 15) is 34.8 Å². The Bertz CT molecular complexity index is 1000. The highest BCUT2D eigenvalue weighted by Gasteiger charge is 2.47. The van der Waals surface area contributed by atoms with Crippen LogP contribution in [-0.2, 0) is 33.3 Å². The standard InChI is InChI=1S/C43H76O11/c1-3-5-7-9-11-13-15-17-19-21-23-25-27-29-31-36(44)51-33-35(34-52-43-40(48)38(46)39(47)41(54-43)42(49)50)53-37(45)32-30-28-26-24-22-20-18-16-14-12-10-8-6-4-2/h9,11,15,17,35,38-41,43,46-48H,3-8,10,12-14,16,18-34H2,1-2H3,(H,49,50)/b11-9-,17-15-. The summed E-state index contributed by atoms with van der Waals surface area (Å²) in [6.45, 7) is 3.75. The quantitative estimate of drug-likeness (QED) is 0.0277. The van der Waals surface area contributed by atoms with Crippen LogP contribution in [0.15, 0.2) is 24.3 Å². The molecule has 0 aromatic heterocycles. The van der Waals surface area contributed by atoms with Crippen molar-refractivity contribution < 1.29 is 53.8 Å². The lowest BCUT2D eigenvalue weighted by Crippen LogP contribution is -2.60. The van der Waals surface area contributed by atoms with Crippen molar-refractivity contribution >= 4 is 17.9 Å². The van der Waals surface area contributed by atoms with E-state index < -0.39 is 61.3 Å². The van der Waals surface area contributed by atoms with Crippen LogP contribution in [0.5, 0.6) is 0 Å². The van der Waals surface area contributed by atoms with Gasteiger partial charge in [-0.1, -0.05) is 154 Å². The van der Waals surface area contributed by atoms with Gasteiger partial charge in [-0.2, -0.15) is 0 Å². The van der Waals surface area contributed by atoms with Gasteiger partial charge in [-0.3, -0.25) is 9.59 Å². The zero-order chi connectivity index (χ0) is 39.7. The van der Waals surface area contributed by atoms with Crippen LogP contribution in [0.3, 0.4) is 0 Å². The Morgan fingerprint density at radius 2 is 1.06 bits per heavy atom. The monoisotopic (exact) mass is 769 g/mol. The number of esters is 2. The summed E-state index contributed by atoms with van der Waals surface area (Å²) < 4.78 is 21.7. The van der Waals surface area contributed by atoms with E-state index in [2.05, 4.69) is 38.2 Å². The molecule has 1 saturated heterocycles. The predicted octanol–water partition coefficient (Wildman–Crippen LogP) is 8.65. The van der Waals surface area contributed by atoms with Gasteiger partial charge in [0.2, 0.25) is 0 Å². The van der Waals surface area contributed by atoms with Crippen molar-refractivity contribution in [3.05, 3.63) is 24.3 Å². The van der Waals surface area contributed by atoms with Gasteiger partial charge in [-0.05, 0) is 38.5 Å². The first kappa shape index (κ1) is 49.7. The lowest BCUT2D eigenvalue weighted by molar-refractivity contribution is -0.298. The normalized spacial score (nSPS) is 20.8. The number of carbonyl (C=O) groups excluding carboxylic acids is 2. The Kier molecular flexibility index (Phi) is 31.3. The molecule has 0 aromatic carbocycles. The highest BCUT2D eigenvalue weighted by atomic mass is 16.7. The van der Waals surface area contributed by atoms with E-state index in [0.29, 0.717) is 12.8 Å². The molecule has 54 heavy (non-hydrogen) atoms. The third-order valence-corrected chi connectivity index (χ3v) is 9.80. The number of aliphatic carboxylic acids is 1. The van der Waals surface area contributed by atoms with Crippen LogP contribution in [0, 0.1) is 0 Å². The first-order valence-electron chi connectivity index (χ1n) is 21.4. The molecular formula is C43H76O11. The largest absolute Gasteiger partial charge is 0.479 e. The maximum atomic E-state index is 12.7. The number of aliphatic hydroxyl groups is 3. The van der Waals surface area contributed by atoms with Gasteiger partial charge in [-0.15, -0.1) is 0 Å². The van der Waals surface area contributed by atoms with Gasteiger partial charge in [0.1, 0.15) is 24.9 Å². The molecule has 314 valence electrons. The molecule has 1 fully saturated rings. The number of ether oxygens (including phenoxy) is 4. The Balaban J connectivity index is 2.40. The lowest BCUT2D eigenvalue weighted by Gasteiger charge is -2.38. The minimum Gasteiger partial charge on any atom is -0.479 e. The molecule has 0 aromatic rings. The van der Waals surface area contributed by atoms with Crippen LogP contribution in [0.25, 0.3) is 0 Å². The molecule has 6 atom stereocenters. The number of hydrogen-bond donors (Lipinski definition) is 4. The molecule has 0 spiro atoms. The molecule has 0 amide bonds. The number of aliphatic hydroxyl groups excluding tert-OH is 3. The summed E-state index contributed by atoms with van der Waals surface area (Å²) in [5.74, 6) is -2.46. The molecule has 4 N–H and O–H groups in total. The van der Waals surface area contributed by atoms with E-state index in [1.807, 2.05) is 0 Å². The van der Waals surface area contributed by atoms with Crippen molar-refractivity contribution in [3.63, 3.8) is 0 Å². The smallest absolute Gasteiger partial charge is 0.335 e. The molecule has 0 saturated carbocycles. The highest BCUT2D eigenvalue weighted by Crippen LogP contribution is 2.23. The highest BCUT2D eigenvalue weighted by molar-refractivity contribution is 5.73. The van der Waals surface area contributed by atoms with Crippen LogP contribution in [0.1, 0.15) is 181 Å². The van der Waals surface area contributed by atoms with Gasteiger partial charge < -0.3 is 39.4 Å². The number of allylic oxidation sites excluding steroid dienone is 4. The third kappa shape index (κ3) is 25.7. The Morgan fingerprint density at radius 1 is 0.574 bits per heavy atom. The van der Waals surface area contributed by atoms with Gasteiger partial charge in [0.25, 0.3) is 0 Å². The second-order valence-electron chi connectivity index (χ2n) is 14.8. The van der Waals surface area contributed by atoms with E-state index in [4.69, 9.17) is 18.9 Å². The summed E-state index contributed by atoms with van der Waals surface area (Å²) >= 11 is 0. The first-order chi connectivity index (χ1) is 26.2. The van der Waals surface area contributed by atoms with Crippen molar-refractivity contribution in [2.24, 2.45) is 0 Å². The fourth-order valence-corrected chi connectivity index (χ4v) is 6.37. The average molecular weight is 769 g/mol. The van der Waals surface area contributed by atoms with Crippen molar-refractivity contribution in [2.45, 2.75) is 218 Å². The lowest BCUT2D eigenvalue weighted by atomic mass is 9.99. The van der Waals surface area contributed by atoms with Crippen LogP contribution in [0.2, 0.25) is 0 Å². The van der Waals surface area contributed by atoms with Gasteiger partial charge in [0.15, 0.2) is 18.5 Å². The SMILES string of the molecule is CCCC/C=C\C/C=C\CCCCCCCC(=O)OCC(COC1OC(C(=O)O)C(O)C(O)C1O)OC(=O)CCCCCCCCCCCCCCCC. The van der Waals surface area contributed by atoms with Gasteiger partial charge >= 0.3 is 17.9 Å². The zero-order valence-electron chi connectivity index (χ0n) is 33.7. The van der Waals surface area contributed by atoms with Crippen LogP contribution < -0.4 is 0 Å². The molecule has 1 aliphatic heterocycles. The summed E-state index contributed by atoms with van der Waals surface area (Å²) in [6.07, 6.45) is 26.6. The van der Waals surface area contributed by atoms with E-state index in [1.54, 1.807) is 0 Å². The number of carbonyl (C=O) groups is 3. The molecule has 1 aliphatic rings. The summed E-state index contributed by atoms with van der Waals surface area (Å²) in [7, 11) is 0. The topological polar surface area (TPSA) is 169 Å². The maximum Gasteiger partial charge on any atom is 0.335 e. The minimum absolute atomic E-state index is 0.183. The second kappa shape index (κ2) is 34.0. The fraction of sp³-hybridized carbons (Fsp3) is 0.837. The molecule has 1 rings (SSSR count). The Morgan fingerprint density at radius 3 is 1.59 bits per heavy atom. The molecule has 11 nitrogen and oxygen atoms in total. The summed E-state index contributed by atoms with van der Waals surface area (Å²) in [5, 5.41) is 39.7. The van der Waals surface area contributed by atoms with Gasteiger partial charge in [0, 0.05) is 12.8 Å². The summed E-state index contributed by atoms with van der Waals surface area (Å²) in [6, 6.07) is 0. The molecule has 0 aliphatic carbocycles. The number of carboxylic acid groups (broad SMARTS) is 1. The Labute approximate surface area is 326 Å². The molecule has 0 radical (unpaired) electrons. The van der Waals surface area contributed by atoms with Crippen molar-refractivity contribution in [1.82, 2.24) is 0 Å². The minimum atomic E-state index is -1.86. The van der Waals surface area contributed by atoms with Crippen LogP contribution in [-0.4, -0.2) is 88.4 Å². The van der Waals surface area contributed by atoms with E-state index >= 15 is 0 Å². The summed E-state index contributed by atoms with van der Waals surface area (Å²) in [4.78, 5) is 36.7. The van der Waals surface area contributed by atoms with Crippen LogP contribution >= 0.6 is 0 Å². The number of unbranched alkanes of at least 4 members (excludes halogenated alkanes) is 20. The van der Waals surface area contributed by atoms with Gasteiger partial charge in [0.05, 0.1) is 6.61 Å². The number of rotatable bonds is 35. The van der Waals surface area contributed by atoms with E-state index in [1.165, 1.54) is 77.0 Å². The van der Waals surface area contributed by atoms with Gasteiger partial charge in [-0.25, -0.2) is 4.79 Å². The molecular weight excluding hydrogens is 692 g/mol. The number of carboxylic acids is 1. The zero-order valence-corrected chi connectivity index (χ0v) is 33.7. The maximum absolute atomic E-state index is 12.7. The van der Waals surface area contributed by atoms with Crippen molar-refractivity contribution in [1.29, 1.82) is 0 Å². The summed E-state index contributed by atoms with van der Waals surface area (Å²) in [5.41, 5.74) is 0. The van der Waals surface area contributed by atoms with E-state index in [0.717, 1.165) is 64.2 Å². The van der Waals surface area contributed by atoms with Crippen LogP contribution in [0.4, 0.5) is 0 Å².